The normalized spacial score (nSPS) is 14.1. The molecule has 92 valence electrons. The van der Waals surface area contributed by atoms with E-state index in [0.717, 1.165) is 23.5 Å². The van der Waals surface area contributed by atoms with Crippen molar-refractivity contribution in [2.45, 2.75) is 39.7 Å². The van der Waals surface area contributed by atoms with Crippen LogP contribution >= 0.6 is 31.9 Å². The van der Waals surface area contributed by atoms with Crippen molar-refractivity contribution in [2.75, 3.05) is 10.7 Å². The SMILES string of the molecule is CCC(C)n1ccc(CC(C)(CBr)CBr)n1. The third-order valence-corrected chi connectivity index (χ3v) is 5.67. The van der Waals surface area contributed by atoms with E-state index in [2.05, 4.69) is 74.7 Å². The monoisotopic (exact) mass is 350 g/mol. The van der Waals surface area contributed by atoms with Crippen LogP contribution < -0.4 is 0 Å². The minimum absolute atomic E-state index is 0.245. The summed E-state index contributed by atoms with van der Waals surface area (Å²) >= 11 is 7.15. The first-order valence-corrected chi connectivity index (χ1v) is 7.95. The van der Waals surface area contributed by atoms with Gasteiger partial charge in [0.15, 0.2) is 0 Å². The van der Waals surface area contributed by atoms with E-state index in [1.807, 2.05) is 0 Å². The number of aromatic nitrogens is 2. The van der Waals surface area contributed by atoms with E-state index in [-0.39, 0.29) is 5.41 Å². The molecule has 0 radical (unpaired) electrons. The van der Waals surface area contributed by atoms with Gasteiger partial charge in [0.05, 0.1) is 5.69 Å². The molecule has 1 heterocycles. The van der Waals surface area contributed by atoms with E-state index >= 15 is 0 Å². The van der Waals surface area contributed by atoms with Gasteiger partial charge in [-0.1, -0.05) is 45.7 Å². The van der Waals surface area contributed by atoms with Crippen LogP contribution in [-0.4, -0.2) is 20.4 Å². The first-order valence-electron chi connectivity index (χ1n) is 5.70. The molecule has 1 rings (SSSR count). The van der Waals surface area contributed by atoms with Crippen molar-refractivity contribution in [2.24, 2.45) is 5.41 Å². The zero-order valence-corrected chi connectivity index (χ0v) is 13.4. The molecule has 1 aromatic heterocycles. The Morgan fingerprint density at radius 1 is 1.44 bits per heavy atom. The number of alkyl halides is 2. The van der Waals surface area contributed by atoms with Gasteiger partial charge < -0.3 is 0 Å². The van der Waals surface area contributed by atoms with Crippen molar-refractivity contribution in [3.05, 3.63) is 18.0 Å². The van der Waals surface area contributed by atoms with Gasteiger partial charge in [0, 0.05) is 22.9 Å². The maximum atomic E-state index is 4.64. The molecule has 0 saturated heterocycles. The Labute approximate surface area is 115 Å². The van der Waals surface area contributed by atoms with Crippen LogP contribution in [0.4, 0.5) is 0 Å². The number of rotatable bonds is 6. The fourth-order valence-electron chi connectivity index (χ4n) is 1.47. The molecule has 1 atom stereocenters. The lowest BCUT2D eigenvalue weighted by Gasteiger charge is -2.23. The van der Waals surface area contributed by atoms with E-state index in [9.17, 15) is 0 Å². The summed E-state index contributed by atoms with van der Waals surface area (Å²) in [7, 11) is 0. The van der Waals surface area contributed by atoms with E-state index in [1.165, 1.54) is 5.69 Å². The summed E-state index contributed by atoms with van der Waals surface area (Å²) in [4.78, 5) is 0. The first kappa shape index (κ1) is 14.2. The Morgan fingerprint density at radius 2 is 2.06 bits per heavy atom. The molecule has 16 heavy (non-hydrogen) atoms. The molecule has 0 fully saturated rings. The fourth-order valence-corrected chi connectivity index (χ4v) is 2.80. The van der Waals surface area contributed by atoms with Gasteiger partial charge in [-0.25, -0.2) is 0 Å². The zero-order valence-electron chi connectivity index (χ0n) is 10.2. The summed E-state index contributed by atoms with van der Waals surface area (Å²) in [5, 5.41) is 6.61. The summed E-state index contributed by atoms with van der Waals surface area (Å²) in [5.74, 6) is 0. The van der Waals surface area contributed by atoms with Gasteiger partial charge in [0.2, 0.25) is 0 Å². The molecule has 0 saturated carbocycles. The van der Waals surface area contributed by atoms with Crippen LogP contribution in [0.1, 0.15) is 38.9 Å². The lowest BCUT2D eigenvalue weighted by Crippen LogP contribution is -2.23. The van der Waals surface area contributed by atoms with Gasteiger partial charge in [-0.3, -0.25) is 4.68 Å². The Kier molecular flexibility index (Phi) is 5.51. The predicted octanol–water partition coefficient (Wildman–Crippen LogP) is 4.19. The lowest BCUT2D eigenvalue weighted by atomic mass is 9.90. The maximum Gasteiger partial charge on any atom is 0.0630 e. The summed E-state index contributed by atoms with van der Waals surface area (Å²) < 4.78 is 2.07. The first-order chi connectivity index (χ1) is 7.54. The second-order valence-electron chi connectivity index (χ2n) is 4.80. The molecular formula is C12H20Br2N2. The topological polar surface area (TPSA) is 17.8 Å². The van der Waals surface area contributed by atoms with Crippen LogP contribution in [0.3, 0.4) is 0 Å². The Morgan fingerprint density at radius 3 is 2.56 bits per heavy atom. The van der Waals surface area contributed by atoms with Crippen LogP contribution in [-0.2, 0) is 6.42 Å². The third-order valence-electron chi connectivity index (χ3n) is 2.96. The van der Waals surface area contributed by atoms with Crippen molar-refractivity contribution < 1.29 is 0 Å². The summed E-state index contributed by atoms with van der Waals surface area (Å²) in [6.07, 6.45) is 4.22. The van der Waals surface area contributed by atoms with E-state index in [4.69, 9.17) is 0 Å². The van der Waals surface area contributed by atoms with Crippen molar-refractivity contribution in [1.29, 1.82) is 0 Å². The quantitative estimate of drug-likeness (QED) is 0.702. The van der Waals surface area contributed by atoms with Crippen molar-refractivity contribution in [3.63, 3.8) is 0 Å². The highest BCUT2D eigenvalue weighted by Crippen LogP contribution is 2.27. The molecule has 0 bridgehead atoms. The molecular weight excluding hydrogens is 332 g/mol. The maximum absolute atomic E-state index is 4.64. The third kappa shape index (κ3) is 3.59. The van der Waals surface area contributed by atoms with Crippen molar-refractivity contribution in [1.82, 2.24) is 9.78 Å². The molecule has 1 unspecified atom stereocenters. The summed E-state index contributed by atoms with van der Waals surface area (Å²) in [6.45, 7) is 6.65. The van der Waals surface area contributed by atoms with E-state index in [0.29, 0.717) is 6.04 Å². The molecule has 0 aliphatic rings. The molecule has 0 spiro atoms. The number of halogens is 2. The molecule has 1 aromatic rings. The van der Waals surface area contributed by atoms with Gasteiger partial charge in [-0.05, 0) is 31.2 Å². The smallest absolute Gasteiger partial charge is 0.0630 e. The van der Waals surface area contributed by atoms with Gasteiger partial charge in [-0.15, -0.1) is 0 Å². The molecule has 0 aromatic carbocycles. The van der Waals surface area contributed by atoms with Crippen LogP contribution in [0.5, 0.6) is 0 Å². The largest absolute Gasteiger partial charge is 0.270 e. The van der Waals surface area contributed by atoms with Gasteiger partial charge in [-0.2, -0.15) is 5.10 Å². The minimum atomic E-state index is 0.245. The summed E-state index contributed by atoms with van der Waals surface area (Å²) in [5.41, 5.74) is 1.43. The molecule has 2 nitrogen and oxygen atoms in total. The molecule has 4 heteroatoms. The highest BCUT2D eigenvalue weighted by Gasteiger charge is 2.23. The lowest BCUT2D eigenvalue weighted by molar-refractivity contribution is 0.420. The second kappa shape index (κ2) is 6.20. The van der Waals surface area contributed by atoms with Crippen molar-refractivity contribution >= 4 is 31.9 Å². The summed E-state index contributed by atoms with van der Waals surface area (Å²) in [6, 6.07) is 2.63. The highest BCUT2D eigenvalue weighted by molar-refractivity contribution is 9.09. The second-order valence-corrected chi connectivity index (χ2v) is 5.92. The highest BCUT2D eigenvalue weighted by atomic mass is 79.9. The number of hydrogen-bond acceptors (Lipinski definition) is 1. The molecule has 0 N–H and O–H groups in total. The number of nitrogens with zero attached hydrogens (tertiary/aromatic N) is 2. The molecule has 0 aliphatic heterocycles. The van der Waals surface area contributed by atoms with Crippen molar-refractivity contribution in [3.8, 4) is 0 Å². The Balaban J connectivity index is 2.71. The zero-order chi connectivity index (χ0) is 12.2. The average molecular weight is 352 g/mol. The predicted molar refractivity (Wildman–Crippen MR) is 76.6 cm³/mol. The molecule has 0 aliphatic carbocycles. The van der Waals surface area contributed by atoms with Gasteiger partial charge in [0.25, 0.3) is 0 Å². The minimum Gasteiger partial charge on any atom is -0.270 e. The number of hydrogen-bond donors (Lipinski definition) is 0. The van der Waals surface area contributed by atoms with E-state index in [1.54, 1.807) is 0 Å². The van der Waals surface area contributed by atoms with Gasteiger partial charge in [0.1, 0.15) is 0 Å². The average Bonchev–Trinajstić information content (AvgIpc) is 2.76. The standard InChI is InChI=1S/C12H20Br2N2/c1-4-10(2)16-6-5-11(15-16)7-12(3,8-13)9-14/h5-6,10H,4,7-9H2,1-3H3. The van der Waals surface area contributed by atoms with Crippen LogP contribution in [0, 0.1) is 5.41 Å². The molecule has 0 amide bonds. The van der Waals surface area contributed by atoms with Gasteiger partial charge >= 0.3 is 0 Å². The van der Waals surface area contributed by atoms with E-state index < -0.39 is 0 Å². The van der Waals surface area contributed by atoms with Crippen LogP contribution in [0.15, 0.2) is 12.3 Å². The van der Waals surface area contributed by atoms with Crippen LogP contribution in [0.2, 0.25) is 0 Å². The van der Waals surface area contributed by atoms with Crippen LogP contribution in [0.25, 0.3) is 0 Å². The Hall–Kier alpha value is 0.170. The Bertz CT molecular complexity index is 319. The fraction of sp³-hybridized carbons (Fsp3) is 0.750.